The number of aryl methyl sites for hydroxylation is 1. The lowest BCUT2D eigenvalue weighted by atomic mass is 10.0. The van der Waals surface area contributed by atoms with Crippen LogP contribution >= 0.6 is 0 Å². The fraction of sp³-hybridized carbons (Fsp3) is 0.167. The highest BCUT2D eigenvalue weighted by molar-refractivity contribution is 6.09. The Hall–Kier alpha value is -2.55. The summed E-state index contributed by atoms with van der Waals surface area (Å²) < 4.78 is 5.80. The molecule has 0 radical (unpaired) electrons. The molecule has 0 saturated heterocycles. The van der Waals surface area contributed by atoms with Gasteiger partial charge in [0, 0.05) is 5.56 Å². The quantitative estimate of drug-likeness (QED) is 0.645. The lowest BCUT2D eigenvalue weighted by molar-refractivity contribution is 0.447. The summed E-state index contributed by atoms with van der Waals surface area (Å²) in [6.07, 6.45) is 0.932. The molecule has 2 rings (SSSR count). The molecule has 21 heavy (non-hydrogen) atoms. The fourth-order valence-electron chi connectivity index (χ4n) is 2.01. The molecule has 3 nitrogen and oxygen atoms in total. The Morgan fingerprint density at radius 3 is 2.43 bits per heavy atom. The van der Waals surface area contributed by atoms with Crippen molar-refractivity contribution in [2.24, 2.45) is 5.73 Å². The predicted octanol–water partition coefficient (Wildman–Crippen LogP) is 3.89. The van der Waals surface area contributed by atoms with Crippen molar-refractivity contribution in [1.82, 2.24) is 0 Å². The zero-order chi connectivity index (χ0) is 15.2. The molecule has 0 bridgehead atoms. The molecule has 108 valence electrons. The summed E-state index contributed by atoms with van der Waals surface area (Å²) in [5.41, 5.74) is 8.70. The van der Waals surface area contributed by atoms with Gasteiger partial charge in [0.25, 0.3) is 0 Å². The minimum atomic E-state index is 0.300. The van der Waals surface area contributed by atoms with Gasteiger partial charge in [0.15, 0.2) is 5.76 Å². The molecule has 0 atom stereocenters. The van der Waals surface area contributed by atoms with E-state index in [9.17, 15) is 0 Å². The number of rotatable bonds is 5. The lowest BCUT2D eigenvalue weighted by Gasteiger charge is -2.14. The van der Waals surface area contributed by atoms with Crippen LogP contribution in [0.25, 0.3) is 0 Å². The number of allylic oxidation sites excluding steroid dienone is 2. The number of nitrogens with two attached hydrogens (primary N) is 1. The monoisotopic (exact) mass is 280 g/mol. The van der Waals surface area contributed by atoms with Crippen LogP contribution in [-0.2, 0) is 6.42 Å². The lowest BCUT2D eigenvalue weighted by Crippen LogP contribution is -2.15. The van der Waals surface area contributed by atoms with Crippen LogP contribution < -0.4 is 10.5 Å². The van der Waals surface area contributed by atoms with Crippen molar-refractivity contribution in [1.29, 1.82) is 5.41 Å². The van der Waals surface area contributed by atoms with Gasteiger partial charge in [-0.15, -0.1) is 0 Å². The molecule has 3 heteroatoms. The molecule has 0 aliphatic carbocycles. The van der Waals surface area contributed by atoms with E-state index in [1.807, 2.05) is 54.6 Å². The second-order valence-electron chi connectivity index (χ2n) is 4.86. The second-order valence-corrected chi connectivity index (χ2v) is 4.86. The van der Waals surface area contributed by atoms with Crippen molar-refractivity contribution in [3.8, 4) is 5.75 Å². The molecule has 0 aliphatic heterocycles. The molecule has 0 fully saturated rings. The maximum Gasteiger partial charge on any atom is 0.171 e. The Labute approximate surface area is 125 Å². The fourth-order valence-corrected chi connectivity index (χ4v) is 2.01. The van der Waals surface area contributed by atoms with Gasteiger partial charge in [0.05, 0.1) is 5.70 Å². The summed E-state index contributed by atoms with van der Waals surface area (Å²) in [5, 5.41) is 8.38. The molecule has 0 spiro atoms. The zero-order valence-electron chi connectivity index (χ0n) is 12.4. The van der Waals surface area contributed by atoms with Crippen molar-refractivity contribution < 1.29 is 4.74 Å². The molecule has 0 aliphatic rings. The topological polar surface area (TPSA) is 59.1 Å². The molecule has 2 aromatic rings. The molecule has 0 aromatic heterocycles. The van der Waals surface area contributed by atoms with Gasteiger partial charge in [-0.2, -0.15) is 0 Å². The van der Waals surface area contributed by atoms with Crippen LogP contribution in [0.3, 0.4) is 0 Å². The Morgan fingerprint density at radius 1 is 1.10 bits per heavy atom. The van der Waals surface area contributed by atoms with Gasteiger partial charge in [0.1, 0.15) is 11.5 Å². The van der Waals surface area contributed by atoms with Crippen molar-refractivity contribution in [3.63, 3.8) is 0 Å². The second kappa shape index (κ2) is 6.75. The zero-order valence-corrected chi connectivity index (χ0v) is 12.4. The SMILES string of the molecule is CCc1cccc(C(=N)/C(Oc2ccccc2)=C(/C)N)c1. The van der Waals surface area contributed by atoms with E-state index in [2.05, 4.69) is 6.92 Å². The third-order valence-electron chi connectivity index (χ3n) is 3.17. The number of benzene rings is 2. The maximum atomic E-state index is 8.38. The van der Waals surface area contributed by atoms with Gasteiger partial charge in [-0.1, -0.05) is 43.3 Å². The number of nitrogens with one attached hydrogen (secondary N) is 1. The van der Waals surface area contributed by atoms with E-state index in [0.29, 0.717) is 22.9 Å². The van der Waals surface area contributed by atoms with Crippen LogP contribution in [0.5, 0.6) is 5.75 Å². The van der Waals surface area contributed by atoms with Gasteiger partial charge in [-0.05, 0) is 37.1 Å². The highest BCUT2D eigenvalue weighted by atomic mass is 16.5. The molecule has 0 unspecified atom stereocenters. The van der Waals surface area contributed by atoms with Crippen molar-refractivity contribution in [2.75, 3.05) is 0 Å². The summed E-state index contributed by atoms with van der Waals surface area (Å²) in [6.45, 7) is 3.84. The summed E-state index contributed by atoms with van der Waals surface area (Å²) in [7, 11) is 0. The van der Waals surface area contributed by atoms with Crippen LogP contribution in [0, 0.1) is 5.41 Å². The first-order valence-corrected chi connectivity index (χ1v) is 6.99. The van der Waals surface area contributed by atoms with Crippen molar-refractivity contribution in [3.05, 3.63) is 77.2 Å². The Balaban J connectivity index is 2.30. The Bertz CT molecular complexity index is 656. The normalized spacial score (nSPS) is 11.7. The number of hydrogen-bond acceptors (Lipinski definition) is 3. The van der Waals surface area contributed by atoms with Crippen LogP contribution in [0.15, 0.2) is 66.1 Å². The predicted molar refractivity (Wildman–Crippen MR) is 86.6 cm³/mol. The smallest absolute Gasteiger partial charge is 0.171 e. The summed E-state index contributed by atoms with van der Waals surface area (Å²) in [4.78, 5) is 0. The first kappa shape index (κ1) is 14.9. The minimum absolute atomic E-state index is 0.300. The van der Waals surface area contributed by atoms with E-state index >= 15 is 0 Å². The average molecular weight is 280 g/mol. The van der Waals surface area contributed by atoms with E-state index in [-0.39, 0.29) is 0 Å². The molecule has 0 heterocycles. The van der Waals surface area contributed by atoms with E-state index in [1.54, 1.807) is 6.92 Å². The molecular formula is C18H20N2O. The highest BCUT2D eigenvalue weighted by Crippen LogP contribution is 2.18. The largest absolute Gasteiger partial charge is 0.453 e. The Morgan fingerprint density at radius 2 is 1.81 bits per heavy atom. The molecule has 0 saturated carbocycles. The van der Waals surface area contributed by atoms with E-state index < -0.39 is 0 Å². The average Bonchev–Trinajstić information content (AvgIpc) is 2.52. The number of hydrogen-bond donors (Lipinski definition) is 2. The molecular weight excluding hydrogens is 260 g/mol. The van der Waals surface area contributed by atoms with E-state index in [0.717, 1.165) is 12.0 Å². The van der Waals surface area contributed by atoms with E-state index in [4.69, 9.17) is 15.9 Å². The summed E-state index contributed by atoms with van der Waals surface area (Å²) >= 11 is 0. The third-order valence-corrected chi connectivity index (χ3v) is 3.17. The minimum Gasteiger partial charge on any atom is -0.453 e. The van der Waals surface area contributed by atoms with Crippen molar-refractivity contribution >= 4 is 5.71 Å². The van der Waals surface area contributed by atoms with Gasteiger partial charge in [0.2, 0.25) is 0 Å². The van der Waals surface area contributed by atoms with Crippen LogP contribution in [0.1, 0.15) is 25.0 Å². The third kappa shape index (κ3) is 3.72. The first-order valence-electron chi connectivity index (χ1n) is 6.99. The number of ether oxygens (including phenoxy) is 1. The van der Waals surface area contributed by atoms with Gasteiger partial charge in [-0.25, -0.2) is 0 Å². The molecule has 2 aromatic carbocycles. The van der Waals surface area contributed by atoms with Crippen LogP contribution in [-0.4, -0.2) is 5.71 Å². The highest BCUT2D eigenvalue weighted by Gasteiger charge is 2.13. The summed E-state index contributed by atoms with van der Waals surface area (Å²) in [6, 6.07) is 17.3. The van der Waals surface area contributed by atoms with Gasteiger partial charge < -0.3 is 10.5 Å². The molecule has 0 amide bonds. The van der Waals surface area contributed by atoms with Gasteiger partial charge >= 0.3 is 0 Å². The number of para-hydroxylation sites is 1. The first-order chi connectivity index (χ1) is 10.1. The van der Waals surface area contributed by atoms with Crippen LogP contribution in [0.4, 0.5) is 0 Å². The van der Waals surface area contributed by atoms with E-state index in [1.165, 1.54) is 5.56 Å². The van der Waals surface area contributed by atoms with Crippen molar-refractivity contribution in [2.45, 2.75) is 20.3 Å². The standard InChI is InChI=1S/C18H20N2O/c1-3-14-8-7-9-15(12-14)17(20)18(13(2)19)21-16-10-5-4-6-11-16/h4-12,20H,3,19H2,1-2H3/b18-13+,20-17?. The molecule has 3 N–H and O–H groups in total. The van der Waals surface area contributed by atoms with Gasteiger partial charge in [-0.3, -0.25) is 5.41 Å². The van der Waals surface area contributed by atoms with Crippen LogP contribution in [0.2, 0.25) is 0 Å². The maximum absolute atomic E-state index is 8.38. The Kier molecular flexibility index (Phi) is 4.77. The summed E-state index contributed by atoms with van der Waals surface area (Å²) in [5.74, 6) is 1.07.